The Kier molecular flexibility index (Phi) is 15.2. The van der Waals surface area contributed by atoms with E-state index in [2.05, 4.69) is 19.1 Å². The lowest BCUT2D eigenvalue weighted by atomic mass is 10.1. The quantitative estimate of drug-likeness (QED) is 0.245. The first-order valence-corrected chi connectivity index (χ1v) is 8.31. The Morgan fingerprint density at radius 2 is 1.20 bits per heavy atom. The minimum Gasteiger partial charge on any atom is -0.478 e. The highest BCUT2D eigenvalue weighted by Gasteiger charge is 1.91. The van der Waals surface area contributed by atoms with Gasteiger partial charge in [0.05, 0.1) is 0 Å². The average Bonchev–Trinajstić information content (AvgIpc) is 2.43. The van der Waals surface area contributed by atoms with Crippen LogP contribution in [0.1, 0.15) is 84.0 Å². The molecule has 0 saturated heterocycles. The van der Waals surface area contributed by atoms with Crippen LogP contribution in [-0.4, -0.2) is 11.1 Å². The molecule has 116 valence electrons. The Hall–Kier alpha value is -1.05. The van der Waals surface area contributed by atoms with E-state index in [1.54, 1.807) is 6.08 Å². The summed E-state index contributed by atoms with van der Waals surface area (Å²) in [5.41, 5.74) is 0. The summed E-state index contributed by atoms with van der Waals surface area (Å²) in [6.45, 7) is 2.23. The minimum absolute atomic E-state index is 0.839. The predicted molar refractivity (Wildman–Crippen MR) is 87.0 cm³/mol. The van der Waals surface area contributed by atoms with Crippen molar-refractivity contribution in [1.29, 1.82) is 0 Å². The van der Waals surface area contributed by atoms with Gasteiger partial charge in [0.1, 0.15) is 0 Å². The zero-order chi connectivity index (χ0) is 14.9. The summed E-state index contributed by atoms with van der Waals surface area (Å²) in [5.74, 6) is -0.839. The van der Waals surface area contributed by atoms with Crippen LogP contribution in [0.3, 0.4) is 0 Å². The van der Waals surface area contributed by atoms with Crippen molar-refractivity contribution in [1.82, 2.24) is 0 Å². The lowest BCUT2D eigenvalue weighted by Gasteiger charge is -2.00. The summed E-state index contributed by atoms with van der Waals surface area (Å²) in [4.78, 5) is 10.2. The zero-order valence-corrected chi connectivity index (χ0v) is 13.2. The fourth-order valence-corrected chi connectivity index (χ4v) is 2.15. The molecule has 2 nitrogen and oxygen atoms in total. The molecule has 0 heterocycles. The Labute approximate surface area is 125 Å². The van der Waals surface area contributed by atoms with E-state index in [4.69, 9.17) is 5.11 Å². The first-order chi connectivity index (χ1) is 9.77. The Morgan fingerprint density at radius 1 is 0.750 bits per heavy atom. The molecule has 0 saturated carbocycles. The van der Waals surface area contributed by atoms with Crippen LogP contribution in [0.25, 0.3) is 0 Å². The third-order valence-corrected chi connectivity index (χ3v) is 3.39. The van der Waals surface area contributed by atoms with Crippen molar-refractivity contribution in [3.05, 3.63) is 24.3 Å². The third-order valence-electron chi connectivity index (χ3n) is 3.39. The molecule has 0 aliphatic rings. The van der Waals surface area contributed by atoms with E-state index >= 15 is 0 Å². The minimum atomic E-state index is -0.839. The van der Waals surface area contributed by atoms with E-state index < -0.39 is 5.97 Å². The molecule has 0 rings (SSSR count). The van der Waals surface area contributed by atoms with E-state index in [0.29, 0.717) is 0 Å². The summed E-state index contributed by atoms with van der Waals surface area (Å²) >= 11 is 0. The number of hydrogen-bond acceptors (Lipinski definition) is 1. The summed E-state index contributed by atoms with van der Waals surface area (Å²) < 4.78 is 0. The molecular weight excluding hydrogens is 248 g/mol. The van der Waals surface area contributed by atoms with Gasteiger partial charge in [-0.05, 0) is 32.1 Å². The molecular formula is C18H32O2. The van der Waals surface area contributed by atoms with Gasteiger partial charge in [0.25, 0.3) is 0 Å². The van der Waals surface area contributed by atoms with Crippen molar-refractivity contribution in [3.63, 3.8) is 0 Å². The van der Waals surface area contributed by atoms with E-state index in [0.717, 1.165) is 12.8 Å². The molecule has 20 heavy (non-hydrogen) atoms. The fourth-order valence-electron chi connectivity index (χ4n) is 2.15. The van der Waals surface area contributed by atoms with Gasteiger partial charge in [0, 0.05) is 6.08 Å². The van der Waals surface area contributed by atoms with Gasteiger partial charge in [-0.2, -0.15) is 0 Å². The number of carboxylic acids is 1. The van der Waals surface area contributed by atoms with E-state index in [9.17, 15) is 4.79 Å². The zero-order valence-electron chi connectivity index (χ0n) is 13.2. The van der Waals surface area contributed by atoms with Gasteiger partial charge in [-0.15, -0.1) is 0 Å². The molecule has 0 aromatic heterocycles. The molecule has 0 aliphatic carbocycles. The van der Waals surface area contributed by atoms with Crippen molar-refractivity contribution < 1.29 is 9.90 Å². The molecule has 0 aromatic rings. The number of hydrogen-bond donors (Lipinski definition) is 1. The van der Waals surface area contributed by atoms with Crippen LogP contribution in [0.15, 0.2) is 24.3 Å². The number of aliphatic carboxylic acids is 1. The van der Waals surface area contributed by atoms with Crippen molar-refractivity contribution >= 4 is 5.97 Å². The molecule has 0 atom stereocenters. The topological polar surface area (TPSA) is 37.3 Å². The maximum Gasteiger partial charge on any atom is 0.327 e. The number of allylic oxidation sites excluding steroid dienone is 3. The summed E-state index contributed by atoms with van der Waals surface area (Å²) in [5, 5.41) is 8.43. The molecule has 2 heteroatoms. The highest BCUT2D eigenvalue weighted by Crippen LogP contribution is 2.10. The van der Waals surface area contributed by atoms with Crippen molar-refractivity contribution in [2.24, 2.45) is 0 Å². The van der Waals surface area contributed by atoms with E-state index in [1.807, 2.05) is 0 Å². The maximum absolute atomic E-state index is 10.2. The van der Waals surface area contributed by atoms with E-state index in [-0.39, 0.29) is 0 Å². The van der Waals surface area contributed by atoms with Crippen LogP contribution < -0.4 is 0 Å². The number of unbranched alkanes of at least 4 members (excludes halogenated alkanes) is 10. The second-order valence-electron chi connectivity index (χ2n) is 5.41. The lowest BCUT2D eigenvalue weighted by molar-refractivity contribution is -0.131. The standard InChI is InChI=1S/C18H32O2/c1-2-3-4-5-6-7-8-9-10-11-12-13-14-15-16-17-18(19)20/h5-6,16-17H,2-4,7-15H2,1H3,(H,19,20)/b6-5+,17-16+. The van der Waals surface area contributed by atoms with Crippen LogP contribution in [0, 0.1) is 0 Å². The largest absolute Gasteiger partial charge is 0.478 e. The van der Waals surface area contributed by atoms with Crippen LogP contribution in [-0.2, 0) is 4.79 Å². The third kappa shape index (κ3) is 16.9. The van der Waals surface area contributed by atoms with Crippen molar-refractivity contribution in [2.75, 3.05) is 0 Å². The Morgan fingerprint density at radius 3 is 1.70 bits per heavy atom. The molecule has 0 amide bonds. The van der Waals surface area contributed by atoms with Crippen LogP contribution >= 0.6 is 0 Å². The molecule has 0 bridgehead atoms. The lowest BCUT2D eigenvalue weighted by Crippen LogP contribution is -1.85. The van der Waals surface area contributed by atoms with Crippen LogP contribution in [0.2, 0.25) is 0 Å². The number of rotatable bonds is 14. The summed E-state index contributed by atoms with van der Waals surface area (Å²) in [7, 11) is 0. The van der Waals surface area contributed by atoms with Crippen molar-refractivity contribution in [2.45, 2.75) is 84.0 Å². The van der Waals surface area contributed by atoms with Gasteiger partial charge in [-0.25, -0.2) is 4.79 Å². The summed E-state index contributed by atoms with van der Waals surface area (Å²) in [6, 6.07) is 0. The molecule has 0 aliphatic heterocycles. The van der Waals surface area contributed by atoms with Crippen LogP contribution in [0.5, 0.6) is 0 Å². The van der Waals surface area contributed by atoms with Gasteiger partial charge >= 0.3 is 5.97 Å². The molecule has 0 unspecified atom stereocenters. The monoisotopic (exact) mass is 280 g/mol. The smallest absolute Gasteiger partial charge is 0.327 e. The van der Waals surface area contributed by atoms with Gasteiger partial charge in [0.15, 0.2) is 0 Å². The highest BCUT2D eigenvalue weighted by molar-refractivity contribution is 5.79. The van der Waals surface area contributed by atoms with Gasteiger partial charge in [0.2, 0.25) is 0 Å². The molecule has 0 spiro atoms. The van der Waals surface area contributed by atoms with Gasteiger partial charge in [-0.1, -0.05) is 70.1 Å². The van der Waals surface area contributed by atoms with Gasteiger partial charge < -0.3 is 5.11 Å². The van der Waals surface area contributed by atoms with E-state index in [1.165, 1.54) is 70.3 Å². The Balaban J connectivity index is 3.09. The Bertz CT molecular complexity index is 267. The average molecular weight is 280 g/mol. The SMILES string of the molecule is CCCC/C=C/CCCCCCCCC/C=C/C(=O)O. The van der Waals surface area contributed by atoms with Crippen molar-refractivity contribution in [3.8, 4) is 0 Å². The molecule has 0 aromatic carbocycles. The maximum atomic E-state index is 10.2. The first-order valence-electron chi connectivity index (χ1n) is 8.31. The predicted octanol–water partition coefficient (Wildman–Crippen LogP) is 5.88. The molecule has 0 fully saturated rings. The first kappa shape index (κ1) is 18.9. The summed E-state index contributed by atoms with van der Waals surface area (Å²) in [6.07, 6.45) is 22.6. The second-order valence-corrected chi connectivity index (χ2v) is 5.41. The van der Waals surface area contributed by atoms with Gasteiger partial charge in [-0.3, -0.25) is 0 Å². The van der Waals surface area contributed by atoms with Crippen LogP contribution in [0.4, 0.5) is 0 Å². The number of carbonyl (C=O) groups is 1. The highest BCUT2D eigenvalue weighted by atomic mass is 16.4. The normalized spacial score (nSPS) is 11.7. The molecule has 0 radical (unpaired) electrons. The fraction of sp³-hybridized carbons (Fsp3) is 0.722. The molecule has 1 N–H and O–H groups in total. The number of carboxylic acid groups (broad SMARTS) is 1. The second kappa shape index (κ2) is 16.0.